The molecular formula is C28H31F3N6O4. The Kier molecular flexibility index (Phi) is 8.64. The van der Waals surface area contributed by atoms with Gasteiger partial charge in [-0.05, 0) is 35.9 Å². The number of nitrogens with one attached hydrogen (secondary N) is 1. The minimum Gasteiger partial charge on any atom is -0.368 e. The smallest absolute Gasteiger partial charge is 0.368 e. The Labute approximate surface area is 234 Å². The molecule has 1 fully saturated rings. The lowest BCUT2D eigenvalue weighted by Gasteiger charge is -2.35. The number of fused-ring (bicyclic) bond motifs is 1. The maximum Gasteiger partial charge on any atom is 0.416 e. The van der Waals surface area contributed by atoms with Crippen LogP contribution in [0, 0.1) is 0 Å². The van der Waals surface area contributed by atoms with E-state index in [1.54, 1.807) is 17.0 Å². The van der Waals surface area contributed by atoms with Crippen LogP contribution in [0.4, 0.5) is 18.9 Å². The number of amides is 3. The number of rotatable bonds is 7. The monoisotopic (exact) mass is 572 g/mol. The van der Waals surface area contributed by atoms with Crippen LogP contribution in [0.5, 0.6) is 0 Å². The van der Waals surface area contributed by atoms with Crippen molar-refractivity contribution < 1.29 is 27.6 Å². The number of carbonyl (C=O) groups excluding carboxylic acids is 3. The topological polar surface area (TPSA) is 108 Å². The molecule has 1 unspecified atom stereocenters. The fraction of sp³-hybridized carbons (Fsp3) is 0.393. The Balaban J connectivity index is 1.53. The number of carbonyl (C=O) groups is 3. The van der Waals surface area contributed by atoms with Crippen molar-refractivity contribution in [3.05, 3.63) is 70.3 Å². The molecule has 0 bridgehead atoms. The van der Waals surface area contributed by atoms with Gasteiger partial charge in [-0.25, -0.2) is 4.98 Å². The number of nitrogens with zero attached hydrogens (tertiary/aromatic N) is 5. The molecule has 0 radical (unpaired) electrons. The van der Waals surface area contributed by atoms with Gasteiger partial charge in [-0.1, -0.05) is 12.1 Å². The molecule has 1 N–H and O–H groups in total. The fourth-order valence-corrected chi connectivity index (χ4v) is 4.64. The molecule has 4 rings (SSSR count). The maximum atomic E-state index is 13.3. The van der Waals surface area contributed by atoms with Gasteiger partial charge in [0.15, 0.2) is 0 Å². The van der Waals surface area contributed by atoms with Gasteiger partial charge in [0, 0.05) is 52.9 Å². The van der Waals surface area contributed by atoms with Crippen LogP contribution < -0.4 is 15.8 Å². The molecule has 1 aliphatic rings. The molecule has 0 spiro atoms. The Hall–Kier alpha value is -4.42. The molecule has 13 heteroatoms. The highest BCUT2D eigenvalue weighted by molar-refractivity contribution is 5.83. The van der Waals surface area contributed by atoms with Crippen molar-refractivity contribution in [2.75, 3.05) is 45.2 Å². The molecule has 1 aromatic heterocycles. The van der Waals surface area contributed by atoms with E-state index < -0.39 is 35.8 Å². The van der Waals surface area contributed by atoms with E-state index in [0.29, 0.717) is 42.6 Å². The van der Waals surface area contributed by atoms with E-state index >= 15 is 0 Å². The standard InChI is InChI=1S/C28H31F3N6O4/c1-18(38)35-10-12-36(13-11-35)21-8-9-23-22(14-21)27(41)37(17-32-23)16-25(39)33-24(15-26(40)34(2)3)19-4-6-20(7-5-19)28(29,30)31/h4-9,14,17,24H,10-13,15-16H2,1-3H3,(H,33,39). The van der Waals surface area contributed by atoms with Crippen molar-refractivity contribution in [3.63, 3.8) is 0 Å². The van der Waals surface area contributed by atoms with E-state index in [2.05, 4.69) is 15.2 Å². The highest BCUT2D eigenvalue weighted by Gasteiger charge is 2.30. The molecule has 41 heavy (non-hydrogen) atoms. The number of piperazine rings is 1. The lowest BCUT2D eigenvalue weighted by molar-refractivity contribution is -0.137. The van der Waals surface area contributed by atoms with E-state index in [1.807, 2.05) is 6.07 Å². The van der Waals surface area contributed by atoms with Gasteiger partial charge >= 0.3 is 6.18 Å². The zero-order valence-corrected chi connectivity index (χ0v) is 22.9. The third-order valence-corrected chi connectivity index (χ3v) is 7.06. The predicted molar refractivity (Wildman–Crippen MR) is 146 cm³/mol. The van der Waals surface area contributed by atoms with Gasteiger partial charge in [-0.15, -0.1) is 0 Å². The van der Waals surface area contributed by atoms with E-state index in [4.69, 9.17) is 0 Å². The van der Waals surface area contributed by atoms with Crippen LogP contribution >= 0.6 is 0 Å². The van der Waals surface area contributed by atoms with Crippen LogP contribution in [0.2, 0.25) is 0 Å². The second-order valence-corrected chi connectivity index (χ2v) is 10.1. The summed E-state index contributed by atoms with van der Waals surface area (Å²) in [5.74, 6) is -0.933. The lowest BCUT2D eigenvalue weighted by Crippen LogP contribution is -2.48. The zero-order valence-electron chi connectivity index (χ0n) is 22.9. The Morgan fingerprint density at radius 3 is 2.27 bits per heavy atom. The molecule has 1 saturated heterocycles. The third-order valence-electron chi connectivity index (χ3n) is 7.06. The molecule has 3 aromatic rings. The zero-order chi connectivity index (χ0) is 29.9. The minimum absolute atomic E-state index is 0.0140. The molecule has 1 atom stereocenters. The van der Waals surface area contributed by atoms with Crippen LogP contribution in [-0.4, -0.2) is 77.3 Å². The summed E-state index contributed by atoms with van der Waals surface area (Å²) in [7, 11) is 3.07. The van der Waals surface area contributed by atoms with Crippen LogP contribution in [0.1, 0.15) is 30.5 Å². The Bertz CT molecular complexity index is 1500. The summed E-state index contributed by atoms with van der Waals surface area (Å²) >= 11 is 0. The van der Waals surface area contributed by atoms with Gasteiger partial charge in [-0.2, -0.15) is 13.2 Å². The molecule has 2 aromatic carbocycles. The second-order valence-electron chi connectivity index (χ2n) is 10.1. The van der Waals surface area contributed by atoms with Gasteiger partial charge < -0.3 is 20.0 Å². The molecule has 10 nitrogen and oxygen atoms in total. The number of halogens is 3. The fourth-order valence-electron chi connectivity index (χ4n) is 4.64. The number of hydrogen-bond acceptors (Lipinski definition) is 6. The summed E-state index contributed by atoms with van der Waals surface area (Å²) in [6, 6.07) is 8.60. The molecular weight excluding hydrogens is 541 g/mol. The van der Waals surface area contributed by atoms with Crippen LogP contribution in [0.3, 0.4) is 0 Å². The van der Waals surface area contributed by atoms with Gasteiger partial charge in [0.1, 0.15) is 6.54 Å². The third kappa shape index (κ3) is 7.02. The van der Waals surface area contributed by atoms with E-state index in [1.165, 1.54) is 44.4 Å². The number of aromatic nitrogens is 2. The average molecular weight is 573 g/mol. The van der Waals surface area contributed by atoms with Crippen molar-refractivity contribution >= 4 is 34.3 Å². The number of alkyl halides is 3. The molecule has 2 heterocycles. The Morgan fingerprint density at radius 1 is 1.02 bits per heavy atom. The van der Waals surface area contributed by atoms with Gasteiger partial charge in [0.2, 0.25) is 17.7 Å². The van der Waals surface area contributed by atoms with Crippen LogP contribution in [-0.2, 0) is 27.1 Å². The number of hydrogen-bond donors (Lipinski definition) is 1. The molecule has 0 aliphatic carbocycles. The molecule has 3 amide bonds. The first-order chi connectivity index (χ1) is 19.3. The van der Waals surface area contributed by atoms with Crippen molar-refractivity contribution in [3.8, 4) is 0 Å². The van der Waals surface area contributed by atoms with Gasteiger partial charge in [0.05, 0.1) is 35.3 Å². The second kappa shape index (κ2) is 12.0. The van der Waals surface area contributed by atoms with Gasteiger partial charge in [-0.3, -0.25) is 23.7 Å². The van der Waals surface area contributed by atoms with Crippen molar-refractivity contribution in [2.45, 2.75) is 32.1 Å². The number of anilines is 1. The van der Waals surface area contributed by atoms with E-state index in [9.17, 15) is 32.3 Å². The van der Waals surface area contributed by atoms with Crippen molar-refractivity contribution in [1.82, 2.24) is 24.7 Å². The normalized spacial score (nSPS) is 14.6. The summed E-state index contributed by atoms with van der Waals surface area (Å²) in [5.41, 5.74) is 0.285. The summed E-state index contributed by atoms with van der Waals surface area (Å²) in [6.07, 6.45) is -3.45. The molecule has 218 valence electrons. The van der Waals surface area contributed by atoms with E-state index in [-0.39, 0.29) is 18.2 Å². The SMILES string of the molecule is CC(=O)N1CCN(c2ccc3ncn(CC(=O)NC(CC(=O)N(C)C)c4ccc(C(F)(F)F)cc4)c(=O)c3c2)CC1. The maximum absolute atomic E-state index is 13.3. The first-order valence-corrected chi connectivity index (χ1v) is 13.0. The average Bonchev–Trinajstić information content (AvgIpc) is 2.93. The number of benzene rings is 2. The lowest BCUT2D eigenvalue weighted by atomic mass is 10.0. The molecule has 1 aliphatic heterocycles. The molecule has 0 saturated carbocycles. The summed E-state index contributed by atoms with van der Waals surface area (Å²) in [5, 5.41) is 3.00. The first-order valence-electron chi connectivity index (χ1n) is 13.0. The predicted octanol–water partition coefficient (Wildman–Crippen LogP) is 2.42. The highest BCUT2D eigenvalue weighted by atomic mass is 19.4. The van der Waals surface area contributed by atoms with Crippen molar-refractivity contribution in [2.24, 2.45) is 0 Å². The van der Waals surface area contributed by atoms with Crippen molar-refractivity contribution in [1.29, 1.82) is 0 Å². The first kappa shape index (κ1) is 29.6. The van der Waals surface area contributed by atoms with Crippen LogP contribution in [0.15, 0.2) is 53.6 Å². The quantitative estimate of drug-likeness (QED) is 0.466. The summed E-state index contributed by atoms with van der Waals surface area (Å²) in [6.45, 7) is 3.48. The minimum atomic E-state index is -4.52. The van der Waals surface area contributed by atoms with Crippen LogP contribution in [0.25, 0.3) is 10.9 Å². The summed E-state index contributed by atoms with van der Waals surface area (Å²) < 4.78 is 40.2. The van der Waals surface area contributed by atoms with Gasteiger partial charge in [0.25, 0.3) is 5.56 Å². The van der Waals surface area contributed by atoms with E-state index in [0.717, 1.165) is 22.4 Å². The largest absolute Gasteiger partial charge is 0.416 e. The Morgan fingerprint density at radius 2 is 1.68 bits per heavy atom. The highest BCUT2D eigenvalue weighted by Crippen LogP contribution is 2.30. The summed E-state index contributed by atoms with van der Waals surface area (Å²) in [4.78, 5) is 59.8.